The molecule has 3 rings (SSSR count). The van der Waals surface area contributed by atoms with Crippen molar-refractivity contribution >= 4 is 0 Å². The lowest BCUT2D eigenvalue weighted by atomic mass is 10.2. The third kappa shape index (κ3) is 4.02. The Balaban J connectivity index is 1.45. The molecule has 2 heterocycles. The minimum Gasteiger partial charge on any atom is -0.380 e. The van der Waals surface area contributed by atoms with Crippen molar-refractivity contribution in [3.05, 3.63) is 11.7 Å². The Labute approximate surface area is 126 Å². The normalized spacial score (nSPS) is 24.6. The molecule has 1 aliphatic carbocycles. The average molecular weight is 294 g/mol. The SMILES string of the molecule is CCOCCN1CCN(Cc2noc(C3CC3)n2)CC1C. The van der Waals surface area contributed by atoms with Gasteiger partial charge >= 0.3 is 0 Å². The number of ether oxygens (including phenoxy) is 1. The Bertz CT molecular complexity index is 447. The van der Waals surface area contributed by atoms with Crippen LogP contribution in [0, 0.1) is 0 Å². The fraction of sp³-hybridized carbons (Fsp3) is 0.867. The van der Waals surface area contributed by atoms with E-state index in [4.69, 9.17) is 9.26 Å². The van der Waals surface area contributed by atoms with E-state index in [2.05, 4.69) is 26.9 Å². The number of rotatable bonds is 7. The van der Waals surface area contributed by atoms with E-state index in [1.807, 2.05) is 6.92 Å². The van der Waals surface area contributed by atoms with Crippen LogP contribution in [0.15, 0.2) is 4.52 Å². The molecule has 2 fully saturated rings. The monoisotopic (exact) mass is 294 g/mol. The van der Waals surface area contributed by atoms with Crippen molar-refractivity contribution in [2.45, 2.75) is 45.2 Å². The highest BCUT2D eigenvalue weighted by Gasteiger charge is 2.30. The molecule has 118 valence electrons. The Kier molecular flexibility index (Phi) is 4.87. The van der Waals surface area contributed by atoms with Gasteiger partial charge in [0.05, 0.1) is 13.2 Å². The number of nitrogens with zero attached hydrogens (tertiary/aromatic N) is 4. The fourth-order valence-electron chi connectivity index (χ4n) is 2.90. The maximum absolute atomic E-state index is 5.45. The quantitative estimate of drug-likeness (QED) is 0.710. The van der Waals surface area contributed by atoms with E-state index in [-0.39, 0.29) is 0 Å². The standard InChI is InChI=1S/C15H26N4O2/c1-3-20-9-8-19-7-6-18(10-12(19)2)11-14-16-15(21-17-14)13-4-5-13/h12-13H,3-11H2,1-2H3. The van der Waals surface area contributed by atoms with Crippen LogP contribution in [0.2, 0.25) is 0 Å². The first-order valence-corrected chi connectivity index (χ1v) is 8.13. The summed E-state index contributed by atoms with van der Waals surface area (Å²) in [5.41, 5.74) is 0. The molecule has 1 aliphatic heterocycles. The summed E-state index contributed by atoms with van der Waals surface area (Å²) < 4.78 is 10.8. The molecule has 0 radical (unpaired) electrons. The molecule has 6 heteroatoms. The molecular weight excluding hydrogens is 268 g/mol. The number of piperazine rings is 1. The number of hydrogen-bond acceptors (Lipinski definition) is 6. The van der Waals surface area contributed by atoms with E-state index in [1.54, 1.807) is 0 Å². The van der Waals surface area contributed by atoms with Crippen LogP contribution >= 0.6 is 0 Å². The summed E-state index contributed by atoms with van der Waals surface area (Å²) in [6.45, 7) is 11.0. The van der Waals surface area contributed by atoms with Crippen LogP contribution in [0.5, 0.6) is 0 Å². The highest BCUT2D eigenvalue weighted by molar-refractivity contribution is 5.01. The van der Waals surface area contributed by atoms with Crippen LogP contribution in [0.25, 0.3) is 0 Å². The Morgan fingerprint density at radius 1 is 1.33 bits per heavy atom. The van der Waals surface area contributed by atoms with Crippen molar-refractivity contribution in [1.29, 1.82) is 0 Å². The van der Waals surface area contributed by atoms with Crippen LogP contribution < -0.4 is 0 Å². The smallest absolute Gasteiger partial charge is 0.229 e. The predicted octanol–water partition coefficient (Wildman–Crippen LogP) is 1.49. The first-order valence-electron chi connectivity index (χ1n) is 8.13. The van der Waals surface area contributed by atoms with Crippen molar-refractivity contribution in [2.75, 3.05) is 39.4 Å². The molecule has 0 N–H and O–H groups in total. The van der Waals surface area contributed by atoms with E-state index < -0.39 is 0 Å². The molecule has 2 aliphatic rings. The molecule has 1 aromatic rings. The molecule has 0 amide bonds. The molecule has 0 spiro atoms. The predicted molar refractivity (Wildman–Crippen MR) is 79.1 cm³/mol. The van der Waals surface area contributed by atoms with Gasteiger partial charge in [-0.2, -0.15) is 4.98 Å². The lowest BCUT2D eigenvalue weighted by Gasteiger charge is -2.39. The molecule has 1 atom stereocenters. The van der Waals surface area contributed by atoms with Gasteiger partial charge in [-0.3, -0.25) is 9.80 Å². The lowest BCUT2D eigenvalue weighted by molar-refractivity contribution is 0.0455. The molecule has 21 heavy (non-hydrogen) atoms. The summed E-state index contributed by atoms with van der Waals surface area (Å²) in [5.74, 6) is 2.22. The second-order valence-electron chi connectivity index (χ2n) is 6.14. The van der Waals surface area contributed by atoms with Gasteiger partial charge in [0, 0.05) is 44.7 Å². The fourth-order valence-corrected chi connectivity index (χ4v) is 2.90. The van der Waals surface area contributed by atoms with Crippen LogP contribution in [0.1, 0.15) is 44.3 Å². The molecule has 1 aromatic heterocycles. The zero-order valence-corrected chi connectivity index (χ0v) is 13.1. The van der Waals surface area contributed by atoms with Crippen LogP contribution in [0.3, 0.4) is 0 Å². The molecule has 0 bridgehead atoms. The first kappa shape index (κ1) is 14.9. The van der Waals surface area contributed by atoms with Gasteiger partial charge in [-0.15, -0.1) is 0 Å². The van der Waals surface area contributed by atoms with Gasteiger partial charge in [0.15, 0.2) is 5.82 Å². The highest BCUT2D eigenvalue weighted by Crippen LogP contribution is 2.38. The summed E-state index contributed by atoms with van der Waals surface area (Å²) in [5, 5.41) is 4.11. The van der Waals surface area contributed by atoms with E-state index in [9.17, 15) is 0 Å². The van der Waals surface area contributed by atoms with Gasteiger partial charge in [-0.25, -0.2) is 0 Å². The highest BCUT2D eigenvalue weighted by atomic mass is 16.5. The van der Waals surface area contributed by atoms with Gasteiger partial charge in [0.25, 0.3) is 0 Å². The zero-order chi connectivity index (χ0) is 14.7. The topological polar surface area (TPSA) is 54.6 Å². The van der Waals surface area contributed by atoms with Gasteiger partial charge in [0.1, 0.15) is 0 Å². The Morgan fingerprint density at radius 3 is 2.90 bits per heavy atom. The summed E-state index contributed by atoms with van der Waals surface area (Å²) in [4.78, 5) is 9.44. The van der Waals surface area contributed by atoms with E-state index in [0.717, 1.165) is 57.7 Å². The number of hydrogen-bond donors (Lipinski definition) is 0. The van der Waals surface area contributed by atoms with Crippen molar-refractivity contribution in [3.8, 4) is 0 Å². The van der Waals surface area contributed by atoms with Crippen LogP contribution in [-0.4, -0.2) is 65.4 Å². The molecule has 1 unspecified atom stereocenters. The summed E-state index contributed by atoms with van der Waals surface area (Å²) >= 11 is 0. The largest absolute Gasteiger partial charge is 0.380 e. The summed E-state index contributed by atoms with van der Waals surface area (Å²) in [7, 11) is 0. The van der Waals surface area contributed by atoms with Gasteiger partial charge < -0.3 is 9.26 Å². The first-order chi connectivity index (χ1) is 10.3. The van der Waals surface area contributed by atoms with Gasteiger partial charge in [-0.1, -0.05) is 5.16 Å². The Morgan fingerprint density at radius 2 is 2.19 bits per heavy atom. The van der Waals surface area contributed by atoms with Crippen molar-refractivity contribution in [3.63, 3.8) is 0 Å². The van der Waals surface area contributed by atoms with Crippen LogP contribution in [-0.2, 0) is 11.3 Å². The summed E-state index contributed by atoms with van der Waals surface area (Å²) in [6.07, 6.45) is 2.41. The number of aromatic nitrogens is 2. The van der Waals surface area contributed by atoms with E-state index in [0.29, 0.717) is 12.0 Å². The minimum atomic E-state index is 0.542. The molecular formula is C15H26N4O2. The maximum Gasteiger partial charge on any atom is 0.229 e. The third-order valence-corrected chi connectivity index (χ3v) is 4.35. The van der Waals surface area contributed by atoms with E-state index >= 15 is 0 Å². The molecule has 6 nitrogen and oxygen atoms in total. The van der Waals surface area contributed by atoms with Crippen molar-refractivity contribution in [2.24, 2.45) is 0 Å². The second-order valence-corrected chi connectivity index (χ2v) is 6.14. The molecule has 1 saturated heterocycles. The minimum absolute atomic E-state index is 0.542. The maximum atomic E-state index is 5.45. The molecule has 0 aromatic carbocycles. The Hall–Kier alpha value is -0.980. The summed E-state index contributed by atoms with van der Waals surface area (Å²) in [6, 6.07) is 0.550. The average Bonchev–Trinajstić information content (AvgIpc) is 3.22. The van der Waals surface area contributed by atoms with E-state index in [1.165, 1.54) is 12.8 Å². The van der Waals surface area contributed by atoms with Gasteiger partial charge in [-0.05, 0) is 26.7 Å². The lowest BCUT2D eigenvalue weighted by Crippen LogP contribution is -2.52. The van der Waals surface area contributed by atoms with Crippen molar-refractivity contribution < 1.29 is 9.26 Å². The van der Waals surface area contributed by atoms with Crippen LogP contribution in [0.4, 0.5) is 0 Å². The molecule has 1 saturated carbocycles. The second kappa shape index (κ2) is 6.85. The zero-order valence-electron chi connectivity index (χ0n) is 13.1. The van der Waals surface area contributed by atoms with Gasteiger partial charge in [0.2, 0.25) is 5.89 Å². The van der Waals surface area contributed by atoms with Crippen molar-refractivity contribution in [1.82, 2.24) is 19.9 Å². The third-order valence-electron chi connectivity index (χ3n) is 4.35.